The van der Waals surface area contributed by atoms with Crippen LogP contribution in [0, 0.1) is 0 Å². The Hall–Kier alpha value is -3.88. The maximum Gasteiger partial charge on any atom is 0.254 e. The number of aromatic nitrogens is 4. The van der Waals surface area contributed by atoms with Crippen molar-refractivity contribution in [3.8, 4) is 0 Å². The van der Waals surface area contributed by atoms with E-state index in [-0.39, 0.29) is 27.6 Å². The number of hydrogen-bond acceptors (Lipinski definition) is 6. The van der Waals surface area contributed by atoms with Crippen LogP contribution in [0.5, 0.6) is 0 Å². The average Bonchev–Trinajstić information content (AvgIpc) is 3.47. The summed E-state index contributed by atoms with van der Waals surface area (Å²) < 4.78 is 0. The van der Waals surface area contributed by atoms with Crippen molar-refractivity contribution in [3.05, 3.63) is 124 Å². The quantitative estimate of drug-likeness (QED) is 0.234. The maximum atomic E-state index is 12.6. The van der Waals surface area contributed by atoms with Crippen LogP contribution in [0.1, 0.15) is 57.5 Å². The number of imidazole rings is 1. The van der Waals surface area contributed by atoms with Crippen molar-refractivity contribution in [2.24, 2.45) is 0 Å². The molecule has 1 amide bonds. The summed E-state index contributed by atoms with van der Waals surface area (Å²) in [5, 5.41) is 6.66. The van der Waals surface area contributed by atoms with Crippen LogP contribution in [-0.4, -0.2) is 30.7 Å². The SMILES string of the molecule is O=C(NCc1ccc(CN(/C=C/NCc2ncc[nH]2)C2CCCc3cccnc32)cc1)c1c(Cl)cncc1Cl. The molecule has 0 saturated heterocycles. The van der Waals surface area contributed by atoms with E-state index in [9.17, 15) is 4.79 Å². The molecule has 0 spiro atoms. The molecular weight excluding hydrogens is 533 g/mol. The second-order valence-corrected chi connectivity index (χ2v) is 10.2. The number of carbonyl (C=O) groups excluding carboxylic acids is 1. The van der Waals surface area contributed by atoms with E-state index in [0.29, 0.717) is 19.6 Å². The molecule has 0 aliphatic heterocycles. The predicted octanol–water partition coefficient (Wildman–Crippen LogP) is 5.58. The monoisotopic (exact) mass is 561 g/mol. The van der Waals surface area contributed by atoms with Gasteiger partial charge in [-0.1, -0.05) is 53.5 Å². The summed E-state index contributed by atoms with van der Waals surface area (Å²) in [4.78, 5) is 31.0. The number of aromatic amines is 1. The fourth-order valence-electron chi connectivity index (χ4n) is 4.75. The third kappa shape index (κ3) is 6.77. The van der Waals surface area contributed by atoms with Gasteiger partial charge in [0.2, 0.25) is 0 Å². The Morgan fingerprint density at radius 2 is 1.85 bits per heavy atom. The fourth-order valence-corrected chi connectivity index (χ4v) is 5.28. The van der Waals surface area contributed by atoms with Crippen LogP contribution in [0.25, 0.3) is 0 Å². The Kier molecular flexibility index (Phi) is 8.75. The van der Waals surface area contributed by atoms with E-state index in [1.807, 2.05) is 36.8 Å². The molecule has 0 radical (unpaired) electrons. The van der Waals surface area contributed by atoms with Crippen LogP contribution in [0.4, 0.5) is 0 Å². The van der Waals surface area contributed by atoms with Crippen molar-refractivity contribution >= 4 is 29.1 Å². The molecule has 4 aromatic rings. The van der Waals surface area contributed by atoms with E-state index in [0.717, 1.165) is 41.9 Å². The summed E-state index contributed by atoms with van der Waals surface area (Å²) in [5.74, 6) is 0.547. The van der Waals surface area contributed by atoms with Crippen molar-refractivity contribution in [1.29, 1.82) is 0 Å². The maximum absolute atomic E-state index is 12.6. The molecule has 3 N–H and O–H groups in total. The lowest BCUT2D eigenvalue weighted by Gasteiger charge is -2.34. The summed E-state index contributed by atoms with van der Waals surface area (Å²) in [5.41, 5.74) is 4.82. The lowest BCUT2D eigenvalue weighted by molar-refractivity contribution is 0.0951. The van der Waals surface area contributed by atoms with Gasteiger partial charge in [-0.3, -0.25) is 14.8 Å². The Morgan fingerprint density at radius 1 is 1.05 bits per heavy atom. The van der Waals surface area contributed by atoms with Gasteiger partial charge in [0.1, 0.15) is 5.82 Å². The number of pyridine rings is 2. The Labute approximate surface area is 237 Å². The summed E-state index contributed by atoms with van der Waals surface area (Å²) >= 11 is 12.2. The topological polar surface area (TPSA) is 98.8 Å². The molecule has 39 heavy (non-hydrogen) atoms. The number of benzene rings is 1. The van der Waals surface area contributed by atoms with Crippen molar-refractivity contribution < 1.29 is 4.79 Å². The second-order valence-electron chi connectivity index (χ2n) is 9.34. The van der Waals surface area contributed by atoms with Gasteiger partial charge in [-0.25, -0.2) is 4.98 Å². The molecule has 3 heterocycles. The minimum Gasteiger partial charge on any atom is -0.383 e. The van der Waals surface area contributed by atoms with Gasteiger partial charge in [-0.2, -0.15) is 0 Å². The first-order valence-electron chi connectivity index (χ1n) is 12.8. The molecule has 1 aliphatic rings. The molecule has 10 heteroatoms. The van der Waals surface area contributed by atoms with Gasteiger partial charge in [0, 0.05) is 56.5 Å². The molecule has 200 valence electrons. The Bertz CT molecular complexity index is 1400. The van der Waals surface area contributed by atoms with E-state index in [1.165, 1.54) is 18.0 Å². The van der Waals surface area contributed by atoms with Crippen LogP contribution in [0.3, 0.4) is 0 Å². The lowest BCUT2D eigenvalue weighted by atomic mass is 9.90. The molecule has 8 nitrogen and oxygen atoms in total. The predicted molar refractivity (Wildman–Crippen MR) is 152 cm³/mol. The first-order chi connectivity index (χ1) is 19.1. The van der Waals surface area contributed by atoms with Gasteiger partial charge in [-0.05, 0) is 42.0 Å². The van der Waals surface area contributed by atoms with E-state index in [2.05, 4.69) is 54.9 Å². The lowest BCUT2D eigenvalue weighted by Crippen LogP contribution is -2.28. The summed E-state index contributed by atoms with van der Waals surface area (Å²) in [6, 6.07) is 12.6. The van der Waals surface area contributed by atoms with Crippen molar-refractivity contribution in [2.45, 2.75) is 44.9 Å². The second kappa shape index (κ2) is 12.8. The third-order valence-electron chi connectivity index (χ3n) is 6.70. The molecule has 1 atom stereocenters. The normalized spacial score (nSPS) is 14.7. The van der Waals surface area contributed by atoms with E-state index >= 15 is 0 Å². The number of carbonyl (C=O) groups is 1. The fraction of sp³-hybridized carbons (Fsp3) is 0.241. The molecule has 1 aromatic carbocycles. The Balaban J connectivity index is 1.26. The number of H-pyrrole nitrogens is 1. The minimum atomic E-state index is -0.335. The zero-order chi connectivity index (χ0) is 27.0. The number of hydrogen-bond donors (Lipinski definition) is 3. The third-order valence-corrected chi connectivity index (χ3v) is 7.27. The van der Waals surface area contributed by atoms with Crippen molar-refractivity contribution in [3.63, 3.8) is 0 Å². The van der Waals surface area contributed by atoms with Crippen LogP contribution in [0.2, 0.25) is 10.0 Å². The van der Waals surface area contributed by atoms with Gasteiger partial charge >= 0.3 is 0 Å². The van der Waals surface area contributed by atoms with Crippen LogP contribution in [-0.2, 0) is 26.1 Å². The van der Waals surface area contributed by atoms with Crippen molar-refractivity contribution in [2.75, 3.05) is 0 Å². The molecule has 0 fully saturated rings. The summed E-state index contributed by atoms with van der Waals surface area (Å²) in [6.45, 7) is 1.69. The summed E-state index contributed by atoms with van der Waals surface area (Å²) in [6.07, 6.45) is 15.6. The highest BCUT2D eigenvalue weighted by Gasteiger charge is 2.25. The molecular formula is C29H29Cl2N7O. The number of halogens is 2. The molecule has 1 aliphatic carbocycles. The van der Waals surface area contributed by atoms with Crippen LogP contribution in [0.15, 0.2) is 79.8 Å². The van der Waals surface area contributed by atoms with E-state index in [1.54, 1.807) is 6.20 Å². The minimum absolute atomic E-state index is 0.186. The number of rotatable bonds is 10. The molecule has 0 saturated carbocycles. The number of nitrogens with zero attached hydrogens (tertiary/aromatic N) is 4. The smallest absolute Gasteiger partial charge is 0.254 e. The van der Waals surface area contributed by atoms with Crippen LogP contribution >= 0.6 is 23.2 Å². The number of amides is 1. The van der Waals surface area contributed by atoms with Gasteiger partial charge in [0.15, 0.2) is 0 Å². The molecule has 0 bridgehead atoms. The number of fused-ring (bicyclic) bond motifs is 1. The average molecular weight is 563 g/mol. The molecule has 5 rings (SSSR count). The zero-order valence-corrected chi connectivity index (χ0v) is 22.8. The first-order valence-corrected chi connectivity index (χ1v) is 13.6. The molecule has 3 aromatic heterocycles. The Morgan fingerprint density at radius 3 is 2.62 bits per heavy atom. The van der Waals surface area contributed by atoms with E-state index < -0.39 is 0 Å². The highest BCUT2D eigenvalue weighted by Crippen LogP contribution is 2.34. The zero-order valence-electron chi connectivity index (χ0n) is 21.3. The standard InChI is InChI=1S/C29H29Cl2N7O/c30-23-16-33-17-24(31)27(23)29(39)37-15-20-6-8-21(9-7-20)19-38(14-13-32-18-26-34-11-12-35-26)25-5-1-3-22-4-2-10-36-28(22)25/h2,4,6-14,16-17,25,32H,1,3,5,15,18-19H2,(H,34,35)(H,37,39)/b14-13+. The highest BCUT2D eigenvalue weighted by atomic mass is 35.5. The van der Waals surface area contributed by atoms with E-state index in [4.69, 9.17) is 28.2 Å². The summed E-state index contributed by atoms with van der Waals surface area (Å²) in [7, 11) is 0. The molecule has 1 unspecified atom stereocenters. The number of aryl methyl sites for hydroxylation is 1. The van der Waals surface area contributed by atoms with Gasteiger partial charge in [0.25, 0.3) is 5.91 Å². The van der Waals surface area contributed by atoms with Gasteiger partial charge in [-0.15, -0.1) is 0 Å². The largest absolute Gasteiger partial charge is 0.383 e. The highest BCUT2D eigenvalue weighted by molar-refractivity contribution is 6.39. The van der Waals surface area contributed by atoms with Gasteiger partial charge in [0.05, 0.1) is 33.9 Å². The van der Waals surface area contributed by atoms with Crippen molar-refractivity contribution in [1.82, 2.24) is 35.5 Å². The first kappa shape index (κ1) is 26.7. The van der Waals surface area contributed by atoms with Crippen LogP contribution < -0.4 is 10.6 Å². The number of nitrogens with one attached hydrogen (secondary N) is 3. The van der Waals surface area contributed by atoms with Gasteiger partial charge < -0.3 is 20.5 Å².